The Morgan fingerprint density at radius 2 is 2.00 bits per heavy atom. The van der Waals surface area contributed by atoms with Crippen molar-refractivity contribution in [1.29, 1.82) is 0 Å². The summed E-state index contributed by atoms with van der Waals surface area (Å²) < 4.78 is 13.3. The minimum atomic E-state index is 0.310. The molecule has 0 aliphatic rings. The average molecular weight is 269 g/mol. The van der Waals surface area contributed by atoms with Crippen LogP contribution in [0.25, 0.3) is 0 Å². The summed E-state index contributed by atoms with van der Waals surface area (Å²) in [6.07, 6.45) is 3.52. The molecule has 0 amide bonds. The van der Waals surface area contributed by atoms with Crippen LogP contribution in [0, 0.1) is 0 Å². The zero-order valence-electron chi connectivity index (χ0n) is 9.52. The van der Waals surface area contributed by atoms with E-state index in [0.717, 1.165) is 23.9 Å². The normalized spacial score (nSPS) is 10.5. The predicted octanol–water partition coefficient (Wildman–Crippen LogP) is 4.33. The lowest BCUT2D eigenvalue weighted by atomic mass is 10.1. The Bertz CT molecular complexity index is 470. The number of nitrogens with zero attached hydrogens (tertiary/aromatic N) is 2. The topological polar surface area (TPSA) is 35.0 Å². The molecule has 0 saturated carbocycles. The smallest absolute Gasteiger partial charge is 0.270 e. The van der Waals surface area contributed by atoms with Crippen LogP contribution in [0.15, 0.2) is 24.3 Å². The highest BCUT2D eigenvalue weighted by Crippen LogP contribution is 2.27. The molecule has 2 aromatic rings. The van der Waals surface area contributed by atoms with Crippen LogP contribution >= 0.6 is 23.3 Å². The van der Waals surface area contributed by atoms with Crippen LogP contribution in [0.5, 0.6) is 11.6 Å². The highest BCUT2D eigenvalue weighted by atomic mass is 35.5. The molecule has 0 radical (unpaired) electrons. The standard InChI is InChI=1S/C12H13ClN2OS/c1-2-3-4-9-5-7-10(8-6-9)16-12-11(13)14-17-15-12/h5-8H,2-4H2,1H3. The van der Waals surface area contributed by atoms with Crippen molar-refractivity contribution in [2.45, 2.75) is 26.2 Å². The van der Waals surface area contributed by atoms with E-state index >= 15 is 0 Å². The molecule has 0 aliphatic heterocycles. The Morgan fingerprint density at radius 1 is 1.24 bits per heavy atom. The molecule has 0 saturated heterocycles. The Morgan fingerprint density at radius 3 is 2.59 bits per heavy atom. The van der Waals surface area contributed by atoms with Gasteiger partial charge in [-0.25, -0.2) is 0 Å². The number of rotatable bonds is 5. The molecule has 17 heavy (non-hydrogen) atoms. The van der Waals surface area contributed by atoms with Crippen molar-refractivity contribution in [1.82, 2.24) is 8.75 Å². The maximum absolute atomic E-state index is 5.80. The van der Waals surface area contributed by atoms with E-state index in [1.54, 1.807) is 0 Å². The molecule has 0 unspecified atom stereocenters. The predicted molar refractivity (Wildman–Crippen MR) is 70.0 cm³/mol. The fraction of sp³-hybridized carbons (Fsp3) is 0.333. The van der Waals surface area contributed by atoms with Crippen molar-refractivity contribution in [3.63, 3.8) is 0 Å². The molecule has 1 aromatic heterocycles. The third-order valence-corrected chi connectivity index (χ3v) is 3.24. The van der Waals surface area contributed by atoms with Crippen LogP contribution in [-0.2, 0) is 6.42 Å². The fourth-order valence-corrected chi connectivity index (χ4v) is 2.06. The number of aromatic nitrogens is 2. The van der Waals surface area contributed by atoms with Gasteiger partial charge in [0.05, 0.1) is 11.7 Å². The monoisotopic (exact) mass is 268 g/mol. The molecule has 1 heterocycles. The van der Waals surface area contributed by atoms with E-state index in [1.165, 1.54) is 18.4 Å². The molecule has 0 fully saturated rings. The van der Waals surface area contributed by atoms with Crippen molar-refractivity contribution in [2.24, 2.45) is 0 Å². The molecule has 0 aliphatic carbocycles. The number of hydrogen-bond donors (Lipinski definition) is 0. The average Bonchev–Trinajstić information content (AvgIpc) is 2.74. The summed E-state index contributed by atoms with van der Waals surface area (Å²) in [5.41, 5.74) is 1.32. The summed E-state index contributed by atoms with van der Waals surface area (Å²) in [5, 5.41) is 0.310. The minimum absolute atomic E-state index is 0.310. The van der Waals surface area contributed by atoms with Gasteiger partial charge < -0.3 is 4.74 Å². The van der Waals surface area contributed by atoms with Crippen molar-refractivity contribution < 1.29 is 4.74 Å². The van der Waals surface area contributed by atoms with E-state index in [0.29, 0.717) is 11.0 Å². The first-order valence-corrected chi connectivity index (χ1v) is 6.65. The van der Waals surface area contributed by atoms with Crippen LogP contribution in [0.1, 0.15) is 25.3 Å². The fourth-order valence-electron chi connectivity index (χ4n) is 1.45. The Labute approximate surface area is 110 Å². The van der Waals surface area contributed by atoms with Gasteiger partial charge in [-0.3, -0.25) is 0 Å². The van der Waals surface area contributed by atoms with Crippen molar-refractivity contribution in [3.05, 3.63) is 35.0 Å². The molecule has 0 atom stereocenters. The summed E-state index contributed by atoms with van der Waals surface area (Å²) in [5.74, 6) is 1.11. The summed E-state index contributed by atoms with van der Waals surface area (Å²) >= 11 is 6.84. The molecule has 0 spiro atoms. The zero-order valence-corrected chi connectivity index (χ0v) is 11.1. The van der Waals surface area contributed by atoms with Crippen molar-refractivity contribution in [2.75, 3.05) is 0 Å². The SMILES string of the molecule is CCCCc1ccc(Oc2nsnc2Cl)cc1. The second kappa shape index (κ2) is 5.98. The molecule has 5 heteroatoms. The lowest BCUT2D eigenvalue weighted by molar-refractivity contribution is 0.468. The lowest BCUT2D eigenvalue weighted by Crippen LogP contribution is -1.87. The second-order valence-corrected chi connectivity index (χ2v) is 4.60. The maximum atomic E-state index is 5.80. The van der Waals surface area contributed by atoms with Gasteiger partial charge in [0, 0.05) is 0 Å². The van der Waals surface area contributed by atoms with E-state index in [4.69, 9.17) is 16.3 Å². The molecular formula is C12H13ClN2OS. The van der Waals surface area contributed by atoms with Gasteiger partial charge >= 0.3 is 0 Å². The Hall–Kier alpha value is -1.13. The van der Waals surface area contributed by atoms with Crippen LogP contribution < -0.4 is 4.74 Å². The minimum Gasteiger partial charge on any atom is -0.436 e. The Balaban J connectivity index is 2.01. The largest absolute Gasteiger partial charge is 0.436 e. The molecule has 3 nitrogen and oxygen atoms in total. The third kappa shape index (κ3) is 3.41. The van der Waals surface area contributed by atoms with E-state index < -0.39 is 0 Å². The summed E-state index contributed by atoms with van der Waals surface area (Å²) in [7, 11) is 0. The number of unbranched alkanes of at least 4 members (excludes halogenated alkanes) is 1. The van der Waals surface area contributed by atoms with Gasteiger partial charge in [-0.2, -0.15) is 4.37 Å². The zero-order chi connectivity index (χ0) is 12.1. The molecule has 1 aromatic carbocycles. The number of hydrogen-bond acceptors (Lipinski definition) is 4. The van der Waals surface area contributed by atoms with Gasteiger partial charge in [0.2, 0.25) is 5.15 Å². The van der Waals surface area contributed by atoms with Gasteiger partial charge in [-0.1, -0.05) is 37.1 Å². The van der Waals surface area contributed by atoms with E-state index in [2.05, 4.69) is 27.8 Å². The summed E-state index contributed by atoms with van der Waals surface area (Å²) in [4.78, 5) is 0. The number of ether oxygens (including phenoxy) is 1. The van der Waals surface area contributed by atoms with E-state index in [-0.39, 0.29) is 0 Å². The maximum Gasteiger partial charge on any atom is 0.270 e. The number of aryl methyl sites for hydroxylation is 1. The number of benzene rings is 1. The quantitative estimate of drug-likeness (QED) is 0.810. The first-order chi connectivity index (χ1) is 8.29. The third-order valence-electron chi connectivity index (χ3n) is 2.38. The molecule has 2 rings (SSSR count). The van der Waals surface area contributed by atoms with E-state index in [9.17, 15) is 0 Å². The summed E-state index contributed by atoms with van der Waals surface area (Å²) in [6, 6.07) is 8.00. The van der Waals surface area contributed by atoms with Crippen molar-refractivity contribution in [3.8, 4) is 11.6 Å². The van der Waals surface area contributed by atoms with Gasteiger partial charge in [0.25, 0.3) is 5.88 Å². The second-order valence-electron chi connectivity index (χ2n) is 3.71. The van der Waals surface area contributed by atoms with Gasteiger partial charge in [0.15, 0.2) is 0 Å². The van der Waals surface area contributed by atoms with Gasteiger partial charge in [-0.05, 0) is 30.5 Å². The molecule has 90 valence electrons. The Kier molecular flexibility index (Phi) is 4.34. The molecule has 0 bridgehead atoms. The number of halogens is 1. The molecular weight excluding hydrogens is 256 g/mol. The van der Waals surface area contributed by atoms with Gasteiger partial charge in [-0.15, -0.1) is 4.37 Å². The van der Waals surface area contributed by atoms with Crippen LogP contribution in [0.3, 0.4) is 0 Å². The first-order valence-electron chi connectivity index (χ1n) is 5.54. The van der Waals surface area contributed by atoms with Crippen LogP contribution in [-0.4, -0.2) is 8.75 Å². The van der Waals surface area contributed by atoms with E-state index in [1.807, 2.05) is 12.1 Å². The first kappa shape index (κ1) is 12.3. The highest BCUT2D eigenvalue weighted by molar-refractivity contribution is 6.99. The highest BCUT2D eigenvalue weighted by Gasteiger charge is 2.07. The van der Waals surface area contributed by atoms with Crippen LogP contribution in [0.2, 0.25) is 5.15 Å². The van der Waals surface area contributed by atoms with Gasteiger partial charge in [0.1, 0.15) is 5.75 Å². The van der Waals surface area contributed by atoms with Crippen molar-refractivity contribution >= 4 is 23.3 Å². The molecule has 0 N–H and O–H groups in total. The summed E-state index contributed by atoms with van der Waals surface area (Å²) in [6.45, 7) is 2.19. The van der Waals surface area contributed by atoms with Crippen LogP contribution in [0.4, 0.5) is 0 Å². The lowest BCUT2D eigenvalue weighted by Gasteiger charge is -2.04.